The van der Waals surface area contributed by atoms with Crippen LogP contribution in [0.15, 0.2) is 10.5 Å². The zero-order valence-electron chi connectivity index (χ0n) is 12.7. The van der Waals surface area contributed by atoms with Crippen molar-refractivity contribution in [3.63, 3.8) is 0 Å². The Balaban J connectivity index is 1.57. The number of furan rings is 1. The van der Waals surface area contributed by atoms with E-state index in [2.05, 4.69) is 30.1 Å². The van der Waals surface area contributed by atoms with Gasteiger partial charge in [-0.3, -0.25) is 4.90 Å². The van der Waals surface area contributed by atoms with Gasteiger partial charge < -0.3 is 14.5 Å². The molecule has 1 saturated heterocycles. The van der Waals surface area contributed by atoms with Gasteiger partial charge in [0.1, 0.15) is 11.5 Å². The summed E-state index contributed by atoms with van der Waals surface area (Å²) in [6.07, 6.45) is 4.07. The lowest BCUT2D eigenvalue weighted by Gasteiger charge is -2.20. The van der Waals surface area contributed by atoms with Crippen molar-refractivity contribution in [2.75, 3.05) is 19.7 Å². The van der Waals surface area contributed by atoms with Gasteiger partial charge in [-0.25, -0.2) is 0 Å². The molecule has 0 radical (unpaired) electrons. The van der Waals surface area contributed by atoms with Gasteiger partial charge in [-0.15, -0.1) is 0 Å². The number of aryl methyl sites for hydroxylation is 1. The highest BCUT2D eigenvalue weighted by Crippen LogP contribution is 2.22. The molecule has 1 aliphatic carbocycles. The number of ether oxygens (including phenoxy) is 1. The SMILES string of the molecule is Cc1cc(CN2CCCOC(C)C2)oc1CNC1CC1. The molecule has 0 aromatic carbocycles. The predicted molar refractivity (Wildman–Crippen MR) is 78.6 cm³/mol. The monoisotopic (exact) mass is 278 g/mol. The third-order valence-corrected chi connectivity index (χ3v) is 4.12. The van der Waals surface area contributed by atoms with E-state index in [9.17, 15) is 0 Å². The standard InChI is InChI=1S/C16H26N2O2/c1-12-8-15(20-16(12)9-17-14-4-5-14)11-18-6-3-7-19-13(2)10-18/h8,13-14,17H,3-7,9-11H2,1-2H3. The molecule has 2 fully saturated rings. The first-order chi connectivity index (χ1) is 9.70. The summed E-state index contributed by atoms with van der Waals surface area (Å²) in [5, 5.41) is 3.52. The molecule has 1 saturated carbocycles. The van der Waals surface area contributed by atoms with Crippen LogP contribution in [0.2, 0.25) is 0 Å². The van der Waals surface area contributed by atoms with Gasteiger partial charge >= 0.3 is 0 Å². The summed E-state index contributed by atoms with van der Waals surface area (Å²) in [5.74, 6) is 2.19. The second kappa shape index (κ2) is 6.29. The van der Waals surface area contributed by atoms with Gasteiger partial charge in [0.15, 0.2) is 0 Å². The van der Waals surface area contributed by atoms with Crippen molar-refractivity contribution in [3.8, 4) is 0 Å². The van der Waals surface area contributed by atoms with Gasteiger partial charge in [0.2, 0.25) is 0 Å². The molecule has 2 aliphatic rings. The van der Waals surface area contributed by atoms with Crippen LogP contribution >= 0.6 is 0 Å². The molecule has 1 unspecified atom stereocenters. The van der Waals surface area contributed by atoms with Gasteiger partial charge in [-0.05, 0) is 44.7 Å². The summed E-state index contributed by atoms with van der Waals surface area (Å²) >= 11 is 0. The van der Waals surface area contributed by atoms with Crippen molar-refractivity contribution in [1.29, 1.82) is 0 Å². The number of nitrogens with zero attached hydrogens (tertiary/aromatic N) is 1. The molecule has 1 atom stereocenters. The maximum absolute atomic E-state index is 6.03. The topological polar surface area (TPSA) is 37.6 Å². The Morgan fingerprint density at radius 3 is 3.05 bits per heavy atom. The van der Waals surface area contributed by atoms with Crippen molar-refractivity contribution in [2.45, 2.75) is 58.3 Å². The first-order valence-corrected chi connectivity index (χ1v) is 7.86. The van der Waals surface area contributed by atoms with Gasteiger partial charge in [0.25, 0.3) is 0 Å². The summed E-state index contributed by atoms with van der Waals surface area (Å²) in [5.41, 5.74) is 1.27. The molecule has 3 rings (SSSR count). The number of hydrogen-bond donors (Lipinski definition) is 1. The maximum Gasteiger partial charge on any atom is 0.120 e. The van der Waals surface area contributed by atoms with E-state index in [1.165, 1.54) is 18.4 Å². The highest BCUT2D eigenvalue weighted by molar-refractivity contribution is 5.20. The molecule has 0 amide bonds. The molecule has 4 heteroatoms. The molecule has 1 N–H and O–H groups in total. The molecular formula is C16H26N2O2. The Bertz CT molecular complexity index is 440. The molecule has 1 aromatic heterocycles. The smallest absolute Gasteiger partial charge is 0.120 e. The fourth-order valence-corrected chi connectivity index (χ4v) is 2.81. The van der Waals surface area contributed by atoms with Crippen LogP contribution in [0.5, 0.6) is 0 Å². The first kappa shape index (κ1) is 14.1. The van der Waals surface area contributed by atoms with Crippen LogP contribution in [-0.4, -0.2) is 36.7 Å². The molecule has 4 nitrogen and oxygen atoms in total. The molecule has 1 aromatic rings. The van der Waals surface area contributed by atoms with Crippen molar-refractivity contribution in [3.05, 3.63) is 23.2 Å². The minimum Gasteiger partial charge on any atom is -0.463 e. The summed E-state index contributed by atoms with van der Waals surface area (Å²) < 4.78 is 11.7. The summed E-state index contributed by atoms with van der Waals surface area (Å²) in [7, 11) is 0. The predicted octanol–water partition coefficient (Wildman–Crippen LogP) is 2.45. The third-order valence-electron chi connectivity index (χ3n) is 4.12. The molecule has 1 aliphatic heterocycles. The molecule has 0 spiro atoms. The highest BCUT2D eigenvalue weighted by Gasteiger charge is 2.22. The average molecular weight is 278 g/mol. The molecule has 0 bridgehead atoms. The molecule has 112 valence electrons. The second-order valence-corrected chi connectivity index (χ2v) is 6.24. The van der Waals surface area contributed by atoms with Gasteiger partial charge in [-0.2, -0.15) is 0 Å². The van der Waals surface area contributed by atoms with E-state index >= 15 is 0 Å². The van der Waals surface area contributed by atoms with Crippen LogP contribution in [0, 0.1) is 6.92 Å². The van der Waals surface area contributed by atoms with Crippen molar-refractivity contribution in [1.82, 2.24) is 10.2 Å². The van der Waals surface area contributed by atoms with E-state index in [1.54, 1.807) is 0 Å². The Labute approximate surface area is 121 Å². The minimum atomic E-state index is 0.324. The van der Waals surface area contributed by atoms with E-state index in [0.717, 1.165) is 56.8 Å². The van der Waals surface area contributed by atoms with E-state index in [0.29, 0.717) is 6.10 Å². The largest absolute Gasteiger partial charge is 0.463 e. The summed E-state index contributed by atoms with van der Waals surface area (Å²) in [4.78, 5) is 2.44. The molecule has 2 heterocycles. The molecular weight excluding hydrogens is 252 g/mol. The lowest BCUT2D eigenvalue weighted by atomic mass is 10.2. The lowest BCUT2D eigenvalue weighted by Crippen LogP contribution is -2.29. The molecule has 20 heavy (non-hydrogen) atoms. The zero-order valence-corrected chi connectivity index (χ0v) is 12.7. The lowest BCUT2D eigenvalue weighted by molar-refractivity contribution is 0.0658. The van der Waals surface area contributed by atoms with E-state index < -0.39 is 0 Å². The normalized spacial score (nSPS) is 24.8. The van der Waals surface area contributed by atoms with E-state index in [-0.39, 0.29) is 0 Å². The van der Waals surface area contributed by atoms with Crippen molar-refractivity contribution in [2.24, 2.45) is 0 Å². The van der Waals surface area contributed by atoms with Crippen LogP contribution in [0.4, 0.5) is 0 Å². The van der Waals surface area contributed by atoms with Gasteiger partial charge in [-0.1, -0.05) is 0 Å². The Morgan fingerprint density at radius 1 is 1.40 bits per heavy atom. The fourth-order valence-electron chi connectivity index (χ4n) is 2.81. The number of nitrogens with one attached hydrogen (secondary N) is 1. The Hall–Kier alpha value is -0.840. The number of rotatable bonds is 5. The Kier molecular flexibility index (Phi) is 4.44. The highest BCUT2D eigenvalue weighted by atomic mass is 16.5. The third kappa shape index (κ3) is 3.84. The van der Waals surface area contributed by atoms with Gasteiger partial charge in [0, 0.05) is 25.7 Å². The van der Waals surface area contributed by atoms with Crippen LogP contribution in [0.25, 0.3) is 0 Å². The quantitative estimate of drug-likeness (QED) is 0.898. The van der Waals surface area contributed by atoms with Crippen LogP contribution < -0.4 is 5.32 Å². The van der Waals surface area contributed by atoms with Crippen LogP contribution in [0.1, 0.15) is 43.3 Å². The Morgan fingerprint density at radius 2 is 2.25 bits per heavy atom. The minimum absolute atomic E-state index is 0.324. The van der Waals surface area contributed by atoms with E-state index in [4.69, 9.17) is 9.15 Å². The fraction of sp³-hybridized carbons (Fsp3) is 0.750. The summed E-state index contributed by atoms with van der Waals surface area (Å²) in [6, 6.07) is 2.92. The van der Waals surface area contributed by atoms with Crippen molar-refractivity contribution >= 4 is 0 Å². The zero-order chi connectivity index (χ0) is 13.9. The van der Waals surface area contributed by atoms with Crippen LogP contribution in [-0.2, 0) is 17.8 Å². The summed E-state index contributed by atoms with van der Waals surface area (Å²) in [6.45, 7) is 9.04. The maximum atomic E-state index is 6.03. The second-order valence-electron chi connectivity index (χ2n) is 6.24. The number of hydrogen-bond acceptors (Lipinski definition) is 4. The van der Waals surface area contributed by atoms with Gasteiger partial charge in [0.05, 0.1) is 19.2 Å². The average Bonchev–Trinajstić information content (AvgIpc) is 3.18. The van der Waals surface area contributed by atoms with E-state index in [1.807, 2.05) is 0 Å². The van der Waals surface area contributed by atoms with Crippen LogP contribution in [0.3, 0.4) is 0 Å². The van der Waals surface area contributed by atoms with Crippen molar-refractivity contribution < 1.29 is 9.15 Å². The first-order valence-electron chi connectivity index (χ1n) is 7.86.